The number of carbonyl (C=O) groups is 1. The van der Waals surface area contributed by atoms with E-state index in [-0.39, 0.29) is 5.91 Å². The van der Waals surface area contributed by atoms with Crippen molar-refractivity contribution in [3.63, 3.8) is 0 Å². The van der Waals surface area contributed by atoms with E-state index in [0.29, 0.717) is 17.1 Å². The van der Waals surface area contributed by atoms with Crippen LogP contribution in [0.4, 0.5) is 0 Å². The van der Waals surface area contributed by atoms with Gasteiger partial charge in [0.2, 0.25) is 0 Å². The molecular weight excluding hydrogens is 398 g/mol. The summed E-state index contributed by atoms with van der Waals surface area (Å²) in [6, 6.07) is 21.8. The van der Waals surface area contributed by atoms with Gasteiger partial charge < -0.3 is 5.32 Å². The molecule has 0 aliphatic heterocycles. The van der Waals surface area contributed by atoms with Gasteiger partial charge in [-0.05, 0) is 72.0 Å². The van der Waals surface area contributed by atoms with E-state index in [4.69, 9.17) is 11.6 Å². The van der Waals surface area contributed by atoms with Crippen molar-refractivity contribution in [2.45, 2.75) is 30.1 Å². The number of benzene rings is 3. The Kier molecular flexibility index (Phi) is 7.18. The van der Waals surface area contributed by atoms with Crippen LogP contribution in [-0.4, -0.2) is 12.5 Å². The smallest absolute Gasteiger partial charge is 0.251 e. The lowest BCUT2D eigenvalue weighted by atomic mass is 10.00. The number of nitrogens with one attached hydrogen (secondary N) is 1. The van der Waals surface area contributed by atoms with Crippen molar-refractivity contribution in [3.05, 3.63) is 101 Å². The molecular formula is C25H24ClNOS. The minimum Gasteiger partial charge on any atom is -0.352 e. The van der Waals surface area contributed by atoms with Crippen LogP contribution in [0, 0.1) is 6.92 Å². The fraction of sp³-hybridized carbons (Fsp3) is 0.160. The molecule has 0 saturated heterocycles. The first-order chi connectivity index (χ1) is 14.0. The molecule has 0 aliphatic rings. The van der Waals surface area contributed by atoms with Crippen molar-refractivity contribution in [1.82, 2.24) is 5.32 Å². The zero-order chi connectivity index (χ0) is 20.8. The maximum atomic E-state index is 12.2. The van der Waals surface area contributed by atoms with E-state index in [0.717, 1.165) is 38.5 Å². The molecule has 2 nitrogen and oxygen atoms in total. The van der Waals surface area contributed by atoms with Gasteiger partial charge in [0.05, 0.1) is 0 Å². The van der Waals surface area contributed by atoms with Gasteiger partial charge in [0.1, 0.15) is 0 Å². The molecule has 3 rings (SSSR count). The van der Waals surface area contributed by atoms with Gasteiger partial charge in [0.25, 0.3) is 5.91 Å². The number of hydrogen-bond donors (Lipinski definition) is 1. The molecule has 3 aromatic rings. The molecule has 0 bridgehead atoms. The first-order valence-corrected chi connectivity index (χ1v) is 10.8. The Hall–Kier alpha value is -2.49. The van der Waals surface area contributed by atoms with E-state index in [1.807, 2.05) is 68.4 Å². The quantitative estimate of drug-likeness (QED) is 0.444. The third kappa shape index (κ3) is 5.31. The second-order valence-corrected chi connectivity index (χ2v) is 8.34. The van der Waals surface area contributed by atoms with Crippen LogP contribution in [0.25, 0.3) is 5.57 Å². The molecule has 0 radical (unpaired) electrons. The van der Waals surface area contributed by atoms with Crippen molar-refractivity contribution in [3.8, 4) is 0 Å². The minimum atomic E-state index is -0.0250. The first kappa shape index (κ1) is 21.2. The summed E-state index contributed by atoms with van der Waals surface area (Å²) in [6.07, 6.45) is 0.924. The van der Waals surface area contributed by atoms with Gasteiger partial charge >= 0.3 is 0 Å². The molecule has 148 valence electrons. The highest BCUT2D eigenvalue weighted by atomic mass is 35.5. The van der Waals surface area contributed by atoms with E-state index in [1.165, 1.54) is 0 Å². The van der Waals surface area contributed by atoms with Gasteiger partial charge in [-0.15, -0.1) is 0 Å². The SMILES string of the molecule is C=C(c1ccc(Cl)cc1)c1ccccc1Sc1ccc(C(=O)NCCC)cc1C. The van der Waals surface area contributed by atoms with Crippen molar-refractivity contribution < 1.29 is 4.79 Å². The van der Waals surface area contributed by atoms with Gasteiger partial charge in [-0.2, -0.15) is 0 Å². The second-order valence-electron chi connectivity index (χ2n) is 6.82. The summed E-state index contributed by atoms with van der Waals surface area (Å²) in [4.78, 5) is 14.5. The van der Waals surface area contributed by atoms with Crippen LogP contribution in [0.15, 0.2) is 83.1 Å². The molecule has 0 aliphatic carbocycles. The van der Waals surface area contributed by atoms with Crippen LogP contribution in [-0.2, 0) is 0 Å². The molecule has 1 amide bonds. The highest BCUT2D eigenvalue weighted by molar-refractivity contribution is 7.99. The molecule has 0 fully saturated rings. The van der Waals surface area contributed by atoms with Crippen LogP contribution < -0.4 is 5.32 Å². The largest absolute Gasteiger partial charge is 0.352 e. The van der Waals surface area contributed by atoms with Crippen LogP contribution in [0.2, 0.25) is 5.02 Å². The Morgan fingerprint density at radius 2 is 1.69 bits per heavy atom. The molecule has 29 heavy (non-hydrogen) atoms. The summed E-state index contributed by atoms with van der Waals surface area (Å²) in [5, 5.41) is 3.64. The average molecular weight is 422 g/mol. The van der Waals surface area contributed by atoms with Crippen molar-refractivity contribution in [2.24, 2.45) is 0 Å². The van der Waals surface area contributed by atoms with Crippen LogP contribution in [0.3, 0.4) is 0 Å². The summed E-state index contributed by atoms with van der Waals surface area (Å²) >= 11 is 7.71. The van der Waals surface area contributed by atoms with E-state index in [1.54, 1.807) is 11.8 Å². The molecule has 0 unspecified atom stereocenters. The van der Waals surface area contributed by atoms with Gasteiger partial charge in [-0.3, -0.25) is 4.79 Å². The van der Waals surface area contributed by atoms with Crippen molar-refractivity contribution >= 4 is 34.8 Å². The van der Waals surface area contributed by atoms with Gasteiger partial charge in [-0.1, -0.05) is 67.2 Å². The van der Waals surface area contributed by atoms with Crippen LogP contribution >= 0.6 is 23.4 Å². The lowest BCUT2D eigenvalue weighted by Gasteiger charge is -2.14. The van der Waals surface area contributed by atoms with Crippen molar-refractivity contribution in [2.75, 3.05) is 6.54 Å². The van der Waals surface area contributed by atoms with Gasteiger partial charge in [0, 0.05) is 26.9 Å². The fourth-order valence-electron chi connectivity index (χ4n) is 2.98. The summed E-state index contributed by atoms with van der Waals surface area (Å²) in [7, 11) is 0. The Balaban J connectivity index is 1.85. The number of amides is 1. The maximum Gasteiger partial charge on any atom is 0.251 e. The molecule has 1 N–H and O–H groups in total. The number of aryl methyl sites for hydroxylation is 1. The Morgan fingerprint density at radius 3 is 2.38 bits per heavy atom. The zero-order valence-electron chi connectivity index (χ0n) is 16.7. The fourth-order valence-corrected chi connectivity index (χ4v) is 4.14. The van der Waals surface area contributed by atoms with Crippen molar-refractivity contribution in [1.29, 1.82) is 0 Å². The molecule has 0 spiro atoms. The Morgan fingerprint density at radius 1 is 1.00 bits per heavy atom. The number of carbonyl (C=O) groups excluding carboxylic acids is 1. The van der Waals surface area contributed by atoms with Crippen LogP contribution in [0.5, 0.6) is 0 Å². The lowest BCUT2D eigenvalue weighted by molar-refractivity contribution is 0.0953. The minimum absolute atomic E-state index is 0.0250. The summed E-state index contributed by atoms with van der Waals surface area (Å²) in [5.41, 5.74) is 4.86. The summed E-state index contributed by atoms with van der Waals surface area (Å²) < 4.78 is 0. The number of hydrogen-bond acceptors (Lipinski definition) is 2. The normalized spacial score (nSPS) is 10.6. The van der Waals surface area contributed by atoms with E-state index >= 15 is 0 Å². The Bertz CT molecular complexity index is 1030. The predicted octanol–water partition coefficient (Wildman–Crippen LogP) is 7.00. The third-order valence-corrected chi connectivity index (χ3v) is 6.10. The predicted molar refractivity (Wildman–Crippen MR) is 124 cm³/mol. The van der Waals surface area contributed by atoms with Gasteiger partial charge in [-0.25, -0.2) is 0 Å². The first-order valence-electron chi connectivity index (χ1n) is 9.60. The van der Waals surface area contributed by atoms with Gasteiger partial charge in [0.15, 0.2) is 0 Å². The standard InChI is InChI=1S/C25H24ClNOS/c1-4-15-27-25(28)20-11-14-23(17(2)16-20)29-24-8-6-5-7-22(24)18(3)19-9-12-21(26)13-10-19/h5-14,16H,3-4,15H2,1-2H3,(H,27,28). The molecule has 0 heterocycles. The summed E-state index contributed by atoms with van der Waals surface area (Å²) in [6.45, 7) is 9.07. The monoisotopic (exact) mass is 421 g/mol. The average Bonchev–Trinajstić information content (AvgIpc) is 2.74. The molecule has 0 atom stereocenters. The second kappa shape index (κ2) is 9.82. The Labute approximate surface area is 182 Å². The third-order valence-electron chi connectivity index (χ3n) is 4.60. The van der Waals surface area contributed by atoms with E-state index < -0.39 is 0 Å². The number of halogens is 1. The number of rotatable bonds is 7. The maximum absolute atomic E-state index is 12.2. The van der Waals surface area contributed by atoms with E-state index in [9.17, 15) is 4.79 Å². The highest BCUT2D eigenvalue weighted by Gasteiger charge is 2.12. The molecule has 4 heteroatoms. The topological polar surface area (TPSA) is 29.1 Å². The molecule has 3 aromatic carbocycles. The lowest BCUT2D eigenvalue weighted by Crippen LogP contribution is -2.23. The summed E-state index contributed by atoms with van der Waals surface area (Å²) in [5.74, 6) is -0.0250. The highest BCUT2D eigenvalue weighted by Crippen LogP contribution is 2.37. The van der Waals surface area contributed by atoms with E-state index in [2.05, 4.69) is 24.0 Å². The molecule has 0 aromatic heterocycles. The zero-order valence-corrected chi connectivity index (χ0v) is 18.2. The molecule has 0 saturated carbocycles. The van der Waals surface area contributed by atoms with Crippen LogP contribution in [0.1, 0.15) is 40.4 Å².